The van der Waals surface area contributed by atoms with Crippen molar-refractivity contribution in [3.63, 3.8) is 0 Å². The van der Waals surface area contributed by atoms with Crippen LogP contribution in [0.25, 0.3) is 22.2 Å². The summed E-state index contributed by atoms with van der Waals surface area (Å²) in [5, 5.41) is 11.0. The van der Waals surface area contributed by atoms with Gasteiger partial charge in [0.1, 0.15) is 0 Å². The van der Waals surface area contributed by atoms with Gasteiger partial charge in [-0.25, -0.2) is 9.59 Å². The van der Waals surface area contributed by atoms with E-state index in [1.165, 1.54) is 67.1 Å². The Morgan fingerprint density at radius 1 is 0.976 bits per heavy atom. The van der Waals surface area contributed by atoms with E-state index < -0.39 is 5.97 Å². The number of hydrogen-bond donors (Lipinski definition) is 1. The molecular formula is C33H43ClN4O4. The van der Waals surface area contributed by atoms with Crippen molar-refractivity contribution >= 4 is 41.1 Å². The zero-order valence-electron chi connectivity index (χ0n) is 24.8. The summed E-state index contributed by atoms with van der Waals surface area (Å²) >= 11 is 0. The molecule has 3 aliphatic rings. The van der Waals surface area contributed by atoms with Gasteiger partial charge in [-0.1, -0.05) is 43.5 Å². The molecule has 8 nitrogen and oxygen atoms in total. The van der Waals surface area contributed by atoms with E-state index in [2.05, 4.69) is 51.7 Å². The zero-order valence-corrected chi connectivity index (χ0v) is 25.6. The normalized spacial score (nSPS) is 17.9. The van der Waals surface area contributed by atoms with E-state index in [-0.39, 0.29) is 18.5 Å². The third-order valence-corrected chi connectivity index (χ3v) is 9.70. The van der Waals surface area contributed by atoms with Gasteiger partial charge in [0.05, 0.1) is 18.4 Å². The number of fused-ring (bicyclic) bond motifs is 5. The quantitative estimate of drug-likeness (QED) is 0.353. The molecular weight excluding hydrogens is 552 g/mol. The van der Waals surface area contributed by atoms with Crippen molar-refractivity contribution in [1.82, 2.24) is 14.4 Å². The summed E-state index contributed by atoms with van der Waals surface area (Å²) in [6, 6.07) is 15.0. The maximum atomic E-state index is 11.9. The molecule has 1 N–H and O–H groups in total. The first-order valence-electron chi connectivity index (χ1n) is 15.2. The van der Waals surface area contributed by atoms with Gasteiger partial charge in [-0.05, 0) is 62.4 Å². The number of carbonyl (C=O) groups is 2. The lowest BCUT2D eigenvalue weighted by atomic mass is 9.81. The first-order valence-corrected chi connectivity index (χ1v) is 15.2. The van der Waals surface area contributed by atoms with E-state index in [1.54, 1.807) is 11.0 Å². The number of para-hydroxylation sites is 1. The number of amides is 1. The average molecular weight is 595 g/mol. The SMILES string of the molecule is COC(=O)N1CCC(N(C)CCN2CCn3c(c(C4CCCCC4)c4ccc(C(=O)O)cc43)-c3ccccc32)CC1.Cl. The minimum atomic E-state index is -0.877. The van der Waals surface area contributed by atoms with E-state index in [9.17, 15) is 14.7 Å². The number of aromatic nitrogens is 1. The third kappa shape index (κ3) is 5.71. The second-order valence-corrected chi connectivity index (χ2v) is 12.0. The maximum Gasteiger partial charge on any atom is 0.409 e. The number of aromatic carboxylic acids is 1. The number of piperidine rings is 1. The van der Waals surface area contributed by atoms with Gasteiger partial charge in [-0.15, -0.1) is 12.4 Å². The molecule has 2 fully saturated rings. The summed E-state index contributed by atoms with van der Waals surface area (Å²) in [7, 11) is 3.65. The fourth-order valence-corrected chi connectivity index (χ4v) is 7.44. The van der Waals surface area contributed by atoms with Gasteiger partial charge in [0.15, 0.2) is 0 Å². The van der Waals surface area contributed by atoms with Crippen LogP contribution in [0.4, 0.5) is 10.5 Å². The first-order chi connectivity index (χ1) is 20.0. The molecule has 0 unspecified atom stereocenters. The Balaban J connectivity index is 0.00000353. The summed E-state index contributed by atoms with van der Waals surface area (Å²) in [6.07, 6.45) is 7.87. The number of rotatable bonds is 6. The Kier molecular flexibility index (Phi) is 9.33. The van der Waals surface area contributed by atoms with Crippen LogP contribution >= 0.6 is 12.4 Å². The molecule has 1 amide bonds. The lowest BCUT2D eigenvalue weighted by Gasteiger charge is -2.37. The van der Waals surface area contributed by atoms with E-state index in [0.29, 0.717) is 17.5 Å². The lowest BCUT2D eigenvalue weighted by Crippen LogP contribution is -2.47. The number of anilines is 1. The predicted molar refractivity (Wildman–Crippen MR) is 169 cm³/mol. The minimum Gasteiger partial charge on any atom is -0.478 e. The van der Waals surface area contributed by atoms with Crippen LogP contribution in [0.15, 0.2) is 42.5 Å². The summed E-state index contributed by atoms with van der Waals surface area (Å²) in [4.78, 5) is 30.6. The average Bonchev–Trinajstić information content (AvgIpc) is 3.25. The number of carboxylic acid groups (broad SMARTS) is 1. The summed E-state index contributed by atoms with van der Waals surface area (Å²) < 4.78 is 7.32. The highest BCUT2D eigenvalue weighted by Gasteiger charge is 2.31. The van der Waals surface area contributed by atoms with Gasteiger partial charge in [-0.3, -0.25) is 0 Å². The molecule has 1 saturated heterocycles. The molecule has 9 heteroatoms. The minimum absolute atomic E-state index is 0. The molecule has 0 radical (unpaired) electrons. The number of benzene rings is 2. The van der Waals surface area contributed by atoms with E-state index >= 15 is 0 Å². The van der Waals surface area contributed by atoms with Crippen LogP contribution in [0, 0.1) is 0 Å². The fourth-order valence-electron chi connectivity index (χ4n) is 7.44. The van der Waals surface area contributed by atoms with Crippen LogP contribution in [-0.2, 0) is 11.3 Å². The topological polar surface area (TPSA) is 78.2 Å². The molecule has 3 aromatic rings. The number of nitrogens with zero attached hydrogens (tertiary/aromatic N) is 4. The van der Waals surface area contributed by atoms with Crippen molar-refractivity contribution < 1.29 is 19.4 Å². The van der Waals surface area contributed by atoms with Crippen molar-refractivity contribution in [3.05, 3.63) is 53.6 Å². The summed E-state index contributed by atoms with van der Waals surface area (Å²) in [5.41, 5.74) is 6.62. The van der Waals surface area contributed by atoms with Crippen molar-refractivity contribution in [2.24, 2.45) is 0 Å². The second kappa shape index (κ2) is 13.0. The Morgan fingerprint density at radius 2 is 1.71 bits per heavy atom. The van der Waals surface area contributed by atoms with Crippen molar-refractivity contribution in [3.8, 4) is 11.3 Å². The molecule has 1 saturated carbocycles. The molecule has 3 heterocycles. The molecule has 1 aliphatic carbocycles. The van der Waals surface area contributed by atoms with Crippen molar-refractivity contribution in [1.29, 1.82) is 0 Å². The molecule has 42 heavy (non-hydrogen) atoms. The molecule has 226 valence electrons. The third-order valence-electron chi connectivity index (χ3n) is 9.70. The molecule has 0 atom stereocenters. The number of methoxy groups -OCH3 is 1. The fraction of sp³-hybridized carbons (Fsp3) is 0.515. The second-order valence-electron chi connectivity index (χ2n) is 12.0. The Hall–Kier alpha value is -3.23. The Labute approximate surface area is 254 Å². The van der Waals surface area contributed by atoms with Gasteiger partial charge < -0.3 is 29.1 Å². The van der Waals surface area contributed by atoms with Crippen LogP contribution < -0.4 is 4.90 Å². The van der Waals surface area contributed by atoms with Crippen LogP contribution in [0.5, 0.6) is 0 Å². The lowest BCUT2D eigenvalue weighted by molar-refractivity contribution is 0.0696. The van der Waals surface area contributed by atoms with E-state index in [1.807, 2.05) is 6.07 Å². The van der Waals surface area contributed by atoms with Gasteiger partial charge in [0.2, 0.25) is 0 Å². The largest absolute Gasteiger partial charge is 0.478 e. The number of ether oxygens (including phenoxy) is 1. The number of carboxylic acids is 1. The van der Waals surface area contributed by atoms with Crippen LogP contribution in [0.1, 0.15) is 66.8 Å². The van der Waals surface area contributed by atoms with Gasteiger partial charge in [0, 0.05) is 67.5 Å². The van der Waals surface area contributed by atoms with Crippen molar-refractivity contribution in [2.45, 2.75) is 63.5 Å². The van der Waals surface area contributed by atoms with Crippen LogP contribution in [-0.4, -0.2) is 84.5 Å². The Morgan fingerprint density at radius 3 is 2.43 bits per heavy atom. The molecule has 6 rings (SSSR count). The Bertz CT molecular complexity index is 1420. The molecule has 0 bridgehead atoms. The van der Waals surface area contributed by atoms with E-state index in [4.69, 9.17) is 4.74 Å². The molecule has 2 aliphatic heterocycles. The summed E-state index contributed by atoms with van der Waals surface area (Å²) in [5.74, 6) is -0.377. The highest BCUT2D eigenvalue weighted by Crippen LogP contribution is 2.47. The number of halogens is 1. The van der Waals surface area contributed by atoms with Gasteiger partial charge >= 0.3 is 12.1 Å². The van der Waals surface area contributed by atoms with Crippen LogP contribution in [0.2, 0.25) is 0 Å². The highest BCUT2D eigenvalue weighted by molar-refractivity contribution is 5.99. The first kappa shape index (κ1) is 30.2. The summed E-state index contributed by atoms with van der Waals surface area (Å²) in [6.45, 7) is 5.00. The highest BCUT2D eigenvalue weighted by atomic mass is 35.5. The zero-order chi connectivity index (χ0) is 28.5. The van der Waals surface area contributed by atoms with Gasteiger partial charge in [-0.2, -0.15) is 0 Å². The number of hydrogen-bond acceptors (Lipinski definition) is 5. The van der Waals surface area contributed by atoms with Crippen LogP contribution in [0.3, 0.4) is 0 Å². The predicted octanol–water partition coefficient (Wildman–Crippen LogP) is 6.46. The van der Waals surface area contributed by atoms with Crippen molar-refractivity contribution in [2.75, 3.05) is 51.8 Å². The monoisotopic (exact) mass is 594 g/mol. The molecule has 0 spiro atoms. The number of likely N-dealkylation sites (N-methyl/N-ethyl adjacent to an activating group) is 1. The van der Waals surface area contributed by atoms with E-state index in [0.717, 1.165) is 57.6 Å². The maximum absolute atomic E-state index is 11.9. The standard InChI is InChI=1S/C33H42N4O4.ClH/c1-34(25-14-16-36(17-15-25)33(40)41-2)18-19-35-20-21-37-29-22-24(32(38)39)12-13-26(29)30(23-8-4-3-5-9-23)31(37)27-10-6-7-11-28(27)35;/h6-7,10-13,22-23,25H,3-5,8-9,14-21H2,1-2H3,(H,38,39);1H. The molecule has 2 aromatic carbocycles. The number of likely N-dealkylation sites (tertiary alicyclic amines) is 1. The smallest absolute Gasteiger partial charge is 0.409 e. The number of carbonyl (C=O) groups excluding carboxylic acids is 1. The molecule has 1 aromatic heterocycles. The van der Waals surface area contributed by atoms with Gasteiger partial charge in [0.25, 0.3) is 0 Å².